The Kier molecular flexibility index (Phi) is 5.74. The van der Waals surface area contributed by atoms with Crippen LogP contribution < -0.4 is 14.9 Å². The quantitative estimate of drug-likeness (QED) is 0.659. The van der Waals surface area contributed by atoms with Crippen molar-refractivity contribution < 1.29 is 14.3 Å². The van der Waals surface area contributed by atoms with Crippen LogP contribution in [0.4, 0.5) is 0 Å². The molecule has 0 heterocycles. The minimum atomic E-state index is -0.162. The van der Waals surface area contributed by atoms with Crippen LogP contribution in [0.3, 0.4) is 0 Å². The minimum absolute atomic E-state index is 0.162. The standard InChI is InChI=1S/C18H20N2O3/c1-13-4-6-14(7-5-13)11-18(21)20-19-12-15-8-9-16(22-2)17(10-15)23-3/h4-10,12H,11H2,1-3H3,(H,20,21)/b19-12-. The number of nitrogens with zero attached hydrogens (tertiary/aromatic N) is 1. The Morgan fingerprint density at radius 3 is 2.43 bits per heavy atom. The van der Waals surface area contributed by atoms with Gasteiger partial charge in [-0.3, -0.25) is 4.79 Å². The zero-order chi connectivity index (χ0) is 16.7. The summed E-state index contributed by atoms with van der Waals surface area (Å²) in [5, 5.41) is 3.97. The summed E-state index contributed by atoms with van der Waals surface area (Å²) < 4.78 is 10.4. The Morgan fingerprint density at radius 1 is 1.09 bits per heavy atom. The summed E-state index contributed by atoms with van der Waals surface area (Å²) >= 11 is 0. The van der Waals surface area contributed by atoms with E-state index in [-0.39, 0.29) is 5.91 Å². The van der Waals surface area contributed by atoms with Gasteiger partial charge in [-0.2, -0.15) is 5.10 Å². The lowest BCUT2D eigenvalue weighted by molar-refractivity contribution is -0.120. The molecule has 0 radical (unpaired) electrons. The molecule has 5 nitrogen and oxygen atoms in total. The lowest BCUT2D eigenvalue weighted by Gasteiger charge is -2.07. The lowest BCUT2D eigenvalue weighted by Crippen LogP contribution is -2.19. The predicted octanol–water partition coefficient (Wildman–Crippen LogP) is 2.71. The first-order valence-corrected chi connectivity index (χ1v) is 7.22. The molecule has 23 heavy (non-hydrogen) atoms. The third-order valence-corrected chi connectivity index (χ3v) is 3.30. The summed E-state index contributed by atoms with van der Waals surface area (Å²) in [6.07, 6.45) is 1.86. The minimum Gasteiger partial charge on any atom is -0.493 e. The molecule has 2 aromatic carbocycles. The van der Waals surface area contributed by atoms with Gasteiger partial charge >= 0.3 is 0 Å². The van der Waals surface area contributed by atoms with Crippen LogP contribution in [0.25, 0.3) is 0 Å². The van der Waals surface area contributed by atoms with Crippen LogP contribution in [0.1, 0.15) is 16.7 Å². The molecule has 0 aliphatic rings. The number of hydrogen-bond acceptors (Lipinski definition) is 4. The maximum atomic E-state index is 11.8. The summed E-state index contributed by atoms with van der Waals surface area (Å²) in [5.41, 5.74) is 5.44. The highest BCUT2D eigenvalue weighted by Crippen LogP contribution is 2.26. The van der Waals surface area contributed by atoms with Crippen LogP contribution in [-0.2, 0) is 11.2 Å². The number of amides is 1. The molecule has 2 rings (SSSR count). The zero-order valence-electron chi connectivity index (χ0n) is 13.5. The highest BCUT2D eigenvalue weighted by Gasteiger charge is 2.04. The van der Waals surface area contributed by atoms with E-state index in [4.69, 9.17) is 9.47 Å². The molecule has 0 saturated carbocycles. The van der Waals surface area contributed by atoms with Gasteiger partial charge in [0.1, 0.15) is 0 Å². The third-order valence-electron chi connectivity index (χ3n) is 3.30. The van der Waals surface area contributed by atoms with Crippen LogP contribution >= 0.6 is 0 Å². The average Bonchev–Trinajstić information content (AvgIpc) is 2.56. The largest absolute Gasteiger partial charge is 0.493 e. The Hall–Kier alpha value is -2.82. The first kappa shape index (κ1) is 16.5. The summed E-state index contributed by atoms with van der Waals surface area (Å²) in [6, 6.07) is 13.2. The molecule has 0 aromatic heterocycles. The molecule has 120 valence electrons. The second-order valence-corrected chi connectivity index (χ2v) is 5.07. The number of carbonyl (C=O) groups excluding carboxylic acids is 1. The molecule has 0 spiro atoms. The molecule has 0 unspecified atom stereocenters. The predicted molar refractivity (Wildman–Crippen MR) is 90.2 cm³/mol. The van der Waals surface area contributed by atoms with Crippen molar-refractivity contribution in [3.05, 3.63) is 59.2 Å². The molecule has 0 saturated heterocycles. The fraction of sp³-hybridized carbons (Fsp3) is 0.222. The molecule has 0 bridgehead atoms. The average molecular weight is 312 g/mol. The van der Waals surface area contributed by atoms with Crippen molar-refractivity contribution in [1.82, 2.24) is 5.43 Å². The molecule has 1 amide bonds. The smallest absolute Gasteiger partial charge is 0.244 e. The number of nitrogens with one attached hydrogen (secondary N) is 1. The lowest BCUT2D eigenvalue weighted by atomic mass is 10.1. The molecule has 2 aromatic rings. The van der Waals surface area contributed by atoms with Gasteiger partial charge in [-0.15, -0.1) is 0 Å². The summed E-state index contributed by atoms with van der Waals surface area (Å²) in [6.45, 7) is 2.01. The Balaban J connectivity index is 1.93. The van der Waals surface area contributed by atoms with Gasteiger partial charge in [0.15, 0.2) is 11.5 Å². The Morgan fingerprint density at radius 2 is 1.78 bits per heavy atom. The summed E-state index contributed by atoms with van der Waals surface area (Å²) in [7, 11) is 3.15. The topological polar surface area (TPSA) is 59.9 Å². The van der Waals surface area contributed by atoms with Crippen molar-refractivity contribution in [1.29, 1.82) is 0 Å². The first-order valence-electron chi connectivity index (χ1n) is 7.22. The fourth-order valence-corrected chi connectivity index (χ4v) is 2.04. The second-order valence-electron chi connectivity index (χ2n) is 5.07. The van der Waals surface area contributed by atoms with Gasteiger partial charge in [-0.25, -0.2) is 5.43 Å². The van der Waals surface area contributed by atoms with E-state index in [2.05, 4.69) is 10.5 Å². The first-order chi connectivity index (χ1) is 11.1. The molecule has 0 atom stereocenters. The zero-order valence-corrected chi connectivity index (χ0v) is 13.5. The van der Waals surface area contributed by atoms with Gasteiger partial charge in [0.05, 0.1) is 26.9 Å². The number of aryl methyl sites for hydroxylation is 1. The van der Waals surface area contributed by atoms with E-state index in [0.717, 1.165) is 11.1 Å². The van der Waals surface area contributed by atoms with E-state index in [9.17, 15) is 4.79 Å². The van der Waals surface area contributed by atoms with Crippen LogP contribution in [-0.4, -0.2) is 26.3 Å². The monoisotopic (exact) mass is 312 g/mol. The van der Waals surface area contributed by atoms with E-state index in [1.807, 2.05) is 37.3 Å². The molecule has 0 aliphatic carbocycles. The van der Waals surface area contributed by atoms with Crippen LogP contribution in [0.5, 0.6) is 11.5 Å². The fourth-order valence-electron chi connectivity index (χ4n) is 2.04. The summed E-state index contributed by atoms with van der Waals surface area (Å²) in [5.74, 6) is 1.10. The van der Waals surface area contributed by atoms with Gasteiger partial charge < -0.3 is 9.47 Å². The van der Waals surface area contributed by atoms with Crippen LogP contribution in [0.15, 0.2) is 47.6 Å². The molecule has 1 N–H and O–H groups in total. The van der Waals surface area contributed by atoms with E-state index >= 15 is 0 Å². The van der Waals surface area contributed by atoms with Gasteiger partial charge in [-0.1, -0.05) is 29.8 Å². The highest BCUT2D eigenvalue weighted by atomic mass is 16.5. The van der Waals surface area contributed by atoms with Gasteiger partial charge in [0, 0.05) is 0 Å². The van der Waals surface area contributed by atoms with Crippen molar-refractivity contribution >= 4 is 12.1 Å². The molecular weight excluding hydrogens is 292 g/mol. The number of carbonyl (C=O) groups is 1. The Bertz CT molecular complexity index is 694. The molecule has 5 heteroatoms. The van der Waals surface area contributed by atoms with Gasteiger partial charge in [0.2, 0.25) is 5.91 Å². The van der Waals surface area contributed by atoms with Crippen molar-refractivity contribution in [3.8, 4) is 11.5 Å². The van der Waals surface area contributed by atoms with Gasteiger partial charge in [-0.05, 0) is 36.2 Å². The SMILES string of the molecule is COc1ccc(/C=N\NC(=O)Cc2ccc(C)cc2)cc1OC. The van der Waals surface area contributed by atoms with E-state index < -0.39 is 0 Å². The molecule has 0 aliphatic heterocycles. The van der Waals surface area contributed by atoms with Crippen LogP contribution in [0.2, 0.25) is 0 Å². The van der Waals surface area contributed by atoms with E-state index in [0.29, 0.717) is 17.9 Å². The van der Waals surface area contributed by atoms with E-state index in [1.165, 1.54) is 5.56 Å². The normalized spacial score (nSPS) is 10.6. The Labute approximate surface area is 135 Å². The van der Waals surface area contributed by atoms with Gasteiger partial charge in [0.25, 0.3) is 0 Å². The number of ether oxygens (including phenoxy) is 2. The van der Waals surface area contributed by atoms with E-state index in [1.54, 1.807) is 32.6 Å². The number of hydrazone groups is 1. The number of rotatable bonds is 6. The maximum absolute atomic E-state index is 11.8. The third kappa shape index (κ3) is 4.85. The maximum Gasteiger partial charge on any atom is 0.244 e. The number of benzene rings is 2. The van der Waals surface area contributed by atoms with Crippen molar-refractivity contribution in [2.24, 2.45) is 5.10 Å². The second kappa shape index (κ2) is 7.98. The van der Waals surface area contributed by atoms with Crippen molar-refractivity contribution in [2.45, 2.75) is 13.3 Å². The van der Waals surface area contributed by atoms with Crippen molar-refractivity contribution in [2.75, 3.05) is 14.2 Å². The van der Waals surface area contributed by atoms with Crippen molar-refractivity contribution in [3.63, 3.8) is 0 Å². The van der Waals surface area contributed by atoms with Crippen LogP contribution in [0, 0.1) is 6.92 Å². The molecular formula is C18H20N2O3. The highest BCUT2D eigenvalue weighted by molar-refractivity contribution is 5.84. The summed E-state index contributed by atoms with van der Waals surface area (Å²) in [4.78, 5) is 11.8. The number of methoxy groups -OCH3 is 2. The molecule has 0 fully saturated rings. The number of hydrogen-bond donors (Lipinski definition) is 1.